The van der Waals surface area contributed by atoms with Gasteiger partial charge in [0.2, 0.25) is 0 Å². The number of fused-ring (bicyclic) bond motifs is 15. The number of nitrogens with two attached hydrogens (primary N) is 1. The number of carboxylic acid groups (broad SMARTS) is 1. The second-order valence-corrected chi connectivity index (χ2v) is 8.50. The first-order valence-corrected chi connectivity index (χ1v) is 10.7. The van der Waals surface area contributed by atoms with Crippen LogP contribution in [0.15, 0.2) is 0 Å². The molecule has 3 aliphatic carbocycles. The van der Waals surface area contributed by atoms with E-state index in [1.807, 2.05) is 0 Å². The van der Waals surface area contributed by atoms with E-state index in [9.17, 15) is 9.90 Å². The molecule has 0 radical (unpaired) electrons. The summed E-state index contributed by atoms with van der Waals surface area (Å²) in [4.78, 5) is 11.7. The zero-order valence-electron chi connectivity index (χ0n) is 15.6. The molecule has 3 rings (SSSR count). The van der Waals surface area contributed by atoms with Gasteiger partial charge in [0, 0.05) is 5.54 Å². The number of carboxylic acids is 1. The summed E-state index contributed by atoms with van der Waals surface area (Å²) in [6.45, 7) is 0. The zero-order chi connectivity index (χ0) is 17.3. The van der Waals surface area contributed by atoms with Crippen molar-refractivity contribution in [3.63, 3.8) is 0 Å². The largest absolute Gasteiger partial charge is 0.481 e. The molecule has 3 aliphatic rings. The molecule has 2 bridgehead atoms. The predicted octanol–water partition coefficient (Wildman–Crippen LogP) is 5.66. The van der Waals surface area contributed by atoms with E-state index in [0.29, 0.717) is 5.92 Å². The maximum Gasteiger partial charge on any atom is 0.308 e. The van der Waals surface area contributed by atoms with Gasteiger partial charge in [-0.15, -0.1) is 0 Å². The third kappa shape index (κ3) is 6.06. The average Bonchev–Trinajstić information content (AvgIpc) is 2.52. The van der Waals surface area contributed by atoms with Gasteiger partial charge in [-0.3, -0.25) is 4.79 Å². The second kappa shape index (κ2) is 10.4. The molecule has 140 valence electrons. The van der Waals surface area contributed by atoms with Crippen molar-refractivity contribution in [2.24, 2.45) is 17.6 Å². The van der Waals surface area contributed by atoms with Gasteiger partial charge < -0.3 is 10.8 Å². The van der Waals surface area contributed by atoms with Gasteiger partial charge in [-0.05, 0) is 25.2 Å². The highest BCUT2D eigenvalue weighted by atomic mass is 16.4. The van der Waals surface area contributed by atoms with E-state index in [2.05, 4.69) is 0 Å². The van der Waals surface area contributed by atoms with Gasteiger partial charge in [0.25, 0.3) is 0 Å². The lowest BCUT2D eigenvalue weighted by Gasteiger charge is -2.51. The lowest BCUT2D eigenvalue weighted by molar-refractivity contribution is -0.155. The van der Waals surface area contributed by atoms with Crippen LogP contribution in [-0.2, 0) is 4.79 Å². The van der Waals surface area contributed by atoms with Crippen molar-refractivity contribution >= 4 is 5.97 Å². The van der Waals surface area contributed by atoms with E-state index < -0.39 is 11.5 Å². The Morgan fingerprint density at radius 1 is 0.750 bits per heavy atom. The van der Waals surface area contributed by atoms with E-state index >= 15 is 0 Å². The van der Waals surface area contributed by atoms with E-state index in [-0.39, 0.29) is 5.92 Å². The SMILES string of the molecule is N[C@@]12CCCCCCCCCCCCCCCCC(C1)[C@H]2C(=O)O. The molecular weight excluding hydrogens is 298 g/mol. The van der Waals surface area contributed by atoms with Crippen molar-refractivity contribution in [2.45, 2.75) is 115 Å². The number of rotatable bonds is 1. The van der Waals surface area contributed by atoms with Crippen LogP contribution >= 0.6 is 0 Å². The molecule has 0 aromatic carbocycles. The Morgan fingerprint density at radius 3 is 1.62 bits per heavy atom. The fourth-order valence-corrected chi connectivity index (χ4v) is 5.00. The molecule has 0 aromatic heterocycles. The molecule has 0 aromatic rings. The van der Waals surface area contributed by atoms with Crippen LogP contribution in [0.1, 0.15) is 109 Å². The van der Waals surface area contributed by atoms with E-state index in [1.165, 1.54) is 83.5 Å². The molecule has 3 heteroatoms. The predicted molar refractivity (Wildman–Crippen MR) is 100 cm³/mol. The first kappa shape index (κ1) is 19.8. The Hall–Kier alpha value is -0.570. The summed E-state index contributed by atoms with van der Waals surface area (Å²) in [5, 5.41) is 9.61. The van der Waals surface area contributed by atoms with Gasteiger partial charge in [-0.25, -0.2) is 0 Å². The fourth-order valence-electron chi connectivity index (χ4n) is 5.00. The summed E-state index contributed by atoms with van der Waals surface area (Å²) in [7, 11) is 0. The van der Waals surface area contributed by atoms with Crippen molar-refractivity contribution in [1.82, 2.24) is 0 Å². The van der Waals surface area contributed by atoms with Crippen LogP contribution < -0.4 is 5.73 Å². The monoisotopic (exact) mass is 337 g/mol. The van der Waals surface area contributed by atoms with Crippen LogP contribution in [0.4, 0.5) is 0 Å². The van der Waals surface area contributed by atoms with Gasteiger partial charge in [0.05, 0.1) is 5.92 Å². The summed E-state index contributed by atoms with van der Waals surface area (Å²) in [5.41, 5.74) is 6.06. The van der Waals surface area contributed by atoms with Crippen LogP contribution in [0.25, 0.3) is 0 Å². The average molecular weight is 338 g/mol. The van der Waals surface area contributed by atoms with Gasteiger partial charge in [0.1, 0.15) is 0 Å². The first-order chi connectivity index (χ1) is 11.6. The molecule has 0 saturated heterocycles. The topological polar surface area (TPSA) is 63.3 Å². The Balaban J connectivity index is 1.79. The Kier molecular flexibility index (Phi) is 8.58. The summed E-state index contributed by atoms with van der Waals surface area (Å²) >= 11 is 0. The van der Waals surface area contributed by atoms with Gasteiger partial charge in [0.15, 0.2) is 0 Å². The molecule has 0 amide bonds. The summed E-state index contributed by atoms with van der Waals surface area (Å²) in [5.74, 6) is -0.617. The smallest absolute Gasteiger partial charge is 0.308 e. The lowest BCUT2D eigenvalue weighted by atomic mass is 9.56. The third-order valence-corrected chi connectivity index (χ3v) is 6.47. The Labute approximate surface area is 148 Å². The van der Waals surface area contributed by atoms with Crippen molar-refractivity contribution < 1.29 is 9.90 Å². The summed E-state index contributed by atoms with van der Waals surface area (Å²) in [6, 6.07) is 0. The quantitative estimate of drug-likeness (QED) is 0.649. The van der Waals surface area contributed by atoms with Crippen LogP contribution in [0.5, 0.6) is 0 Å². The van der Waals surface area contributed by atoms with Gasteiger partial charge >= 0.3 is 5.97 Å². The molecule has 3 nitrogen and oxygen atoms in total. The van der Waals surface area contributed by atoms with Crippen molar-refractivity contribution in [3.05, 3.63) is 0 Å². The minimum Gasteiger partial charge on any atom is -0.481 e. The molecule has 3 fully saturated rings. The molecule has 1 unspecified atom stereocenters. The van der Waals surface area contributed by atoms with Crippen molar-refractivity contribution in [1.29, 1.82) is 0 Å². The molecule has 0 spiro atoms. The molecule has 3 N–H and O–H groups in total. The summed E-state index contributed by atoms with van der Waals surface area (Å²) < 4.78 is 0. The van der Waals surface area contributed by atoms with Crippen LogP contribution in [-0.4, -0.2) is 16.6 Å². The molecular formula is C21H39NO2. The van der Waals surface area contributed by atoms with Crippen LogP contribution in [0.2, 0.25) is 0 Å². The maximum absolute atomic E-state index is 11.7. The number of hydrogen-bond donors (Lipinski definition) is 2. The summed E-state index contributed by atoms with van der Waals surface area (Å²) in [6.07, 6.45) is 21.3. The minimum atomic E-state index is -0.653. The number of carbonyl (C=O) groups is 1. The molecule has 3 saturated carbocycles. The Bertz CT molecular complexity index is 367. The van der Waals surface area contributed by atoms with Gasteiger partial charge in [-0.2, -0.15) is 0 Å². The van der Waals surface area contributed by atoms with E-state index in [1.54, 1.807) is 0 Å². The standard InChI is InChI=1S/C21H39NO2/c22-21-16-14-12-10-8-6-4-2-1-3-5-7-9-11-13-15-18(17-21)19(21)20(23)24/h18-19H,1-17,22H2,(H,23,24)/t18?,19-,21-/m0/s1. The lowest BCUT2D eigenvalue weighted by Crippen LogP contribution is -2.63. The highest BCUT2D eigenvalue weighted by Crippen LogP contribution is 2.48. The zero-order valence-corrected chi connectivity index (χ0v) is 15.6. The van der Waals surface area contributed by atoms with E-state index in [4.69, 9.17) is 5.73 Å². The molecule has 0 aliphatic heterocycles. The van der Waals surface area contributed by atoms with Crippen LogP contribution in [0, 0.1) is 11.8 Å². The number of aliphatic carboxylic acids is 1. The van der Waals surface area contributed by atoms with Crippen LogP contribution in [0.3, 0.4) is 0 Å². The molecule has 3 atom stereocenters. The van der Waals surface area contributed by atoms with Gasteiger partial charge in [-0.1, -0.05) is 89.9 Å². The fraction of sp³-hybridized carbons (Fsp3) is 0.952. The maximum atomic E-state index is 11.7. The minimum absolute atomic E-state index is 0.292. The highest BCUT2D eigenvalue weighted by Gasteiger charge is 2.54. The molecule has 24 heavy (non-hydrogen) atoms. The number of hydrogen-bond acceptors (Lipinski definition) is 2. The Morgan fingerprint density at radius 2 is 1.17 bits per heavy atom. The van der Waals surface area contributed by atoms with Crippen molar-refractivity contribution in [2.75, 3.05) is 0 Å². The second-order valence-electron chi connectivity index (χ2n) is 8.50. The third-order valence-electron chi connectivity index (χ3n) is 6.47. The normalized spacial score (nSPS) is 35.0. The van der Waals surface area contributed by atoms with Crippen molar-refractivity contribution in [3.8, 4) is 0 Å². The highest BCUT2D eigenvalue weighted by molar-refractivity contribution is 5.73. The first-order valence-electron chi connectivity index (χ1n) is 10.7. The van der Waals surface area contributed by atoms with E-state index in [0.717, 1.165) is 25.7 Å². The molecule has 0 heterocycles.